The van der Waals surface area contributed by atoms with Gasteiger partial charge in [0.25, 0.3) is 0 Å². The topological polar surface area (TPSA) is 213 Å². The number of piperidine rings is 1. The number of carbonyl (C=O) groups excluding carboxylic acids is 2. The molecule has 0 aromatic carbocycles. The molecule has 2 heterocycles. The molecule has 9 N–H and O–H groups in total. The van der Waals surface area contributed by atoms with Gasteiger partial charge in [-0.05, 0) is 64.0 Å². The summed E-state index contributed by atoms with van der Waals surface area (Å²) < 4.78 is 17.3. The summed E-state index contributed by atoms with van der Waals surface area (Å²) in [4.78, 5) is 28.5. The Morgan fingerprint density at radius 2 is 1.70 bits per heavy atom. The summed E-state index contributed by atoms with van der Waals surface area (Å²) in [7, 11) is 3.35. The van der Waals surface area contributed by atoms with Crippen LogP contribution in [0.2, 0.25) is 0 Å². The smallest absolute Gasteiger partial charge is 0.186 e. The highest BCUT2D eigenvalue weighted by Gasteiger charge is 2.61. The number of carbonyl (C=O) groups is 2. The summed E-state index contributed by atoms with van der Waals surface area (Å²) >= 11 is 0. The Morgan fingerprint density at radius 3 is 2.35 bits per heavy atom. The number of hydrogen-bond donors (Lipinski definition) is 8. The molecule has 246 valence electrons. The van der Waals surface area contributed by atoms with Crippen LogP contribution in [0.15, 0.2) is 0 Å². The van der Waals surface area contributed by atoms with Gasteiger partial charge in [0.2, 0.25) is 0 Å². The van der Waals surface area contributed by atoms with Gasteiger partial charge >= 0.3 is 0 Å². The lowest BCUT2D eigenvalue weighted by molar-refractivity contribution is -0.319. The lowest BCUT2D eigenvalue weighted by Crippen LogP contribution is -2.64. The number of aliphatic hydroxyl groups is 5. The average Bonchev–Trinajstić information content (AvgIpc) is 3.00. The Morgan fingerprint density at radius 1 is 0.953 bits per heavy atom. The number of fused-ring (bicyclic) bond motifs is 2. The summed E-state index contributed by atoms with van der Waals surface area (Å²) in [5, 5.41) is 59.0. The van der Waals surface area contributed by atoms with Crippen molar-refractivity contribution in [1.82, 2.24) is 10.6 Å². The summed E-state index contributed by atoms with van der Waals surface area (Å²) in [5.74, 6) is -2.94. The molecule has 43 heavy (non-hydrogen) atoms. The zero-order valence-electron chi connectivity index (χ0n) is 25.2. The predicted molar refractivity (Wildman–Crippen MR) is 152 cm³/mol. The van der Waals surface area contributed by atoms with Crippen molar-refractivity contribution in [2.24, 2.45) is 47.2 Å². The Kier molecular flexibility index (Phi) is 10.9. The number of hydrogen-bond acceptors (Lipinski definition) is 13. The van der Waals surface area contributed by atoms with Crippen LogP contribution in [0, 0.1) is 41.4 Å². The quantitative estimate of drug-likeness (QED) is 0.140. The number of rotatable bonds is 9. The van der Waals surface area contributed by atoms with E-state index >= 15 is 0 Å². The minimum Gasteiger partial charge on any atom is -0.394 e. The second-order valence-electron chi connectivity index (χ2n) is 13.5. The van der Waals surface area contributed by atoms with E-state index in [1.165, 1.54) is 7.11 Å². The van der Waals surface area contributed by atoms with E-state index in [0.717, 1.165) is 32.2 Å². The van der Waals surface area contributed by atoms with Crippen molar-refractivity contribution in [3.63, 3.8) is 0 Å². The van der Waals surface area contributed by atoms with E-state index in [0.29, 0.717) is 25.3 Å². The number of methoxy groups -OCH3 is 1. The maximum absolute atomic E-state index is 14.3. The minimum atomic E-state index is -1.64. The number of nitrogens with two attached hydrogens (primary N) is 1. The third kappa shape index (κ3) is 6.59. The number of ether oxygens (including phenoxy) is 3. The average molecular weight is 614 g/mol. The lowest BCUT2D eigenvalue weighted by Gasteiger charge is -2.53. The van der Waals surface area contributed by atoms with Crippen LogP contribution in [-0.4, -0.2) is 126 Å². The first-order valence-corrected chi connectivity index (χ1v) is 16.0. The molecular weight excluding hydrogens is 562 g/mol. The van der Waals surface area contributed by atoms with E-state index in [4.69, 9.17) is 19.9 Å². The molecule has 5 aliphatic rings. The van der Waals surface area contributed by atoms with Crippen LogP contribution in [0.1, 0.15) is 44.9 Å². The highest BCUT2D eigenvalue weighted by atomic mass is 16.7. The molecule has 0 bridgehead atoms. The van der Waals surface area contributed by atoms with Gasteiger partial charge in [-0.1, -0.05) is 0 Å². The maximum atomic E-state index is 14.3. The van der Waals surface area contributed by atoms with Gasteiger partial charge in [0.1, 0.15) is 36.0 Å². The molecule has 3 aliphatic carbocycles. The van der Waals surface area contributed by atoms with Gasteiger partial charge in [0, 0.05) is 37.8 Å². The molecule has 0 amide bonds. The Bertz CT molecular complexity index is 964. The second-order valence-corrected chi connectivity index (χ2v) is 13.5. The Labute approximate surface area is 252 Å². The zero-order chi connectivity index (χ0) is 31.0. The van der Waals surface area contributed by atoms with Crippen LogP contribution < -0.4 is 16.4 Å². The number of Topliss-reactive ketones (excluding diaryl/α,β-unsaturated/α-hetero) is 2. The molecule has 16 unspecified atom stereocenters. The van der Waals surface area contributed by atoms with Gasteiger partial charge in [-0.3, -0.25) is 9.59 Å². The highest BCUT2D eigenvalue weighted by Crippen LogP contribution is 2.51. The molecule has 16 atom stereocenters. The van der Waals surface area contributed by atoms with Crippen LogP contribution in [0.5, 0.6) is 0 Å². The van der Waals surface area contributed by atoms with E-state index in [-0.39, 0.29) is 36.0 Å². The van der Waals surface area contributed by atoms with Crippen molar-refractivity contribution in [2.45, 2.75) is 100 Å². The predicted octanol–water partition coefficient (Wildman–Crippen LogP) is -2.12. The Balaban J connectivity index is 1.36. The fourth-order valence-electron chi connectivity index (χ4n) is 8.63. The lowest BCUT2D eigenvalue weighted by atomic mass is 9.53. The van der Waals surface area contributed by atoms with Crippen LogP contribution in [-0.2, 0) is 23.8 Å². The minimum absolute atomic E-state index is 0.0318. The summed E-state index contributed by atoms with van der Waals surface area (Å²) in [6.45, 7) is 0.762. The van der Waals surface area contributed by atoms with Gasteiger partial charge in [-0.25, -0.2) is 0 Å². The largest absolute Gasteiger partial charge is 0.394 e. The first kappa shape index (κ1) is 33.3. The fourth-order valence-corrected chi connectivity index (χ4v) is 8.63. The van der Waals surface area contributed by atoms with E-state index in [1.54, 1.807) is 0 Å². The van der Waals surface area contributed by atoms with Gasteiger partial charge in [0.05, 0.1) is 42.9 Å². The maximum Gasteiger partial charge on any atom is 0.186 e. The molecule has 0 radical (unpaired) electrons. The Hall–Kier alpha value is -1.10. The number of aliphatic hydroxyl groups excluding tert-OH is 5. The molecule has 3 saturated carbocycles. The first-order valence-electron chi connectivity index (χ1n) is 16.0. The van der Waals surface area contributed by atoms with Crippen molar-refractivity contribution in [3.8, 4) is 0 Å². The molecule has 13 nitrogen and oxygen atoms in total. The van der Waals surface area contributed by atoms with Gasteiger partial charge in [-0.2, -0.15) is 0 Å². The molecular formula is C30H51N3O10. The van der Waals surface area contributed by atoms with E-state index < -0.39 is 79.3 Å². The fraction of sp³-hybridized carbons (Fsp3) is 0.933. The molecule has 2 aliphatic heterocycles. The van der Waals surface area contributed by atoms with E-state index in [1.807, 2.05) is 7.05 Å². The van der Waals surface area contributed by atoms with Crippen molar-refractivity contribution in [1.29, 1.82) is 0 Å². The van der Waals surface area contributed by atoms with Gasteiger partial charge in [-0.15, -0.1) is 0 Å². The monoisotopic (exact) mass is 613 g/mol. The van der Waals surface area contributed by atoms with Crippen LogP contribution in [0.3, 0.4) is 0 Å². The van der Waals surface area contributed by atoms with Crippen molar-refractivity contribution in [2.75, 3.05) is 33.9 Å². The van der Waals surface area contributed by atoms with Crippen molar-refractivity contribution < 1.29 is 49.3 Å². The number of ketones is 2. The number of nitrogens with one attached hydrogen (secondary N) is 2. The summed E-state index contributed by atoms with van der Waals surface area (Å²) in [6, 6.07) is 0. The van der Waals surface area contributed by atoms with E-state index in [9.17, 15) is 35.1 Å². The molecule has 5 rings (SSSR count). The zero-order valence-corrected chi connectivity index (χ0v) is 25.2. The molecule has 2 saturated heterocycles. The standard InChI is InChI=1S/C30H51N3O10/c1-32-11-18-14(5-3-13-4-6-21(31)33-10-13)7-16-23(25(18)36)27(38)22-17(24(16)35)8-15(41-2)9-19(22)42-30-29(40)28(39)26(37)20(12-34)43-30/h13-23,25-26,28-30,32-34,36-37,39-40H,3-12,31H2,1-2H3. The third-order valence-electron chi connectivity index (χ3n) is 11.1. The molecule has 0 aromatic heterocycles. The summed E-state index contributed by atoms with van der Waals surface area (Å²) in [5.41, 5.74) is 5.99. The second kappa shape index (κ2) is 14.1. The van der Waals surface area contributed by atoms with Crippen molar-refractivity contribution >= 4 is 11.6 Å². The van der Waals surface area contributed by atoms with E-state index in [2.05, 4.69) is 10.6 Å². The highest BCUT2D eigenvalue weighted by molar-refractivity contribution is 6.00. The molecule has 0 spiro atoms. The van der Waals surface area contributed by atoms with Crippen LogP contribution in [0.25, 0.3) is 0 Å². The normalized spacial score (nSPS) is 48.9. The molecule has 5 fully saturated rings. The van der Waals surface area contributed by atoms with Crippen LogP contribution >= 0.6 is 0 Å². The van der Waals surface area contributed by atoms with Crippen LogP contribution in [0.4, 0.5) is 0 Å². The summed E-state index contributed by atoms with van der Waals surface area (Å²) in [6.07, 6.45) is -4.81. The van der Waals surface area contributed by atoms with Gasteiger partial charge < -0.3 is 56.1 Å². The molecule has 0 aromatic rings. The SMILES string of the molecule is CNCC1C(CCC2CCC(N)NC2)CC2C(=O)C3CC(OC)CC(OC4OC(CO)C(O)C(O)C4O)C3C(=O)C2C1O. The molecule has 13 heteroatoms. The first-order chi connectivity index (χ1) is 20.6. The van der Waals surface area contributed by atoms with Gasteiger partial charge in [0.15, 0.2) is 6.29 Å². The van der Waals surface area contributed by atoms with Crippen molar-refractivity contribution in [3.05, 3.63) is 0 Å². The third-order valence-corrected chi connectivity index (χ3v) is 11.1.